The van der Waals surface area contributed by atoms with Crippen molar-refractivity contribution in [2.75, 3.05) is 0 Å². The van der Waals surface area contributed by atoms with Gasteiger partial charge in [-0.3, -0.25) is 0 Å². The van der Waals surface area contributed by atoms with Crippen LogP contribution in [-0.4, -0.2) is 10.2 Å². The summed E-state index contributed by atoms with van der Waals surface area (Å²) in [7, 11) is 0. The summed E-state index contributed by atoms with van der Waals surface area (Å²) in [6.45, 7) is 0. The van der Waals surface area contributed by atoms with Gasteiger partial charge in [-0.25, -0.2) is 0 Å². The van der Waals surface area contributed by atoms with Crippen molar-refractivity contribution < 1.29 is 4.42 Å². The van der Waals surface area contributed by atoms with Crippen molar-refractivity contribution in [3.63, 3.8) is 0 Å². The van der Waals surface area contributed by atoms with Crippen molar-refractivity contribution >= 4 is 75.1 Å². The van der Waals surface area contributed by atoms with Gasteiger partial charge in [-0.05, 0) is 66.0 Å². The van der Waals surface area contributed by atoms with E-state index in [1.54, 1.807) is 0 Å². The Hall–Kier alpha value is -0.0200. The summed E-state index contributed by atoms with van der Waals surface area (Å²) in [5.74, 6) is 0.983. The minimum Gasteiger partial charge on any atom is -0.415 e. The highest BCUT2D eigenvalue weighted by atomic mass is 79.9. The predicted octanol–water partition coefficient (Wildman–Crippen LogP) is 6.52. The van der Waals surface area contributed by atoms with Gasteiger partial charge in [-0.15, -0.1) is 21.5 Å². The Morgan fingerprint density at radius 3 is 2.35 bits per heavy atom. The van der Waals surface area contributed by atoms with E-state index < -0.39 is 0 Å². The van der Waals surface area contributed by atoms with Crippen LogP contribution >= 0.6 is 75.1 Å². The quantitative estimate of drug-likeness (QED) is 0.370. The highest BCUT2D eigenvalue weighted by Crippen LogP contribution is 2.46. The smallest absolute Gasteiger partial charge is 0.259 e. The maximum Gasteiger partial charge on any atom is 0.259 e. The van der Waals surface area contributed by atoms with Gasteiger partial charge in [-0.1, -0.05) is 22.0 Å². The van der Waals surface area contributed by atoms with Gasteiger partial charge in [0.15, 0.2) is 0 Å². The molecule has 0 bridgehead atoms. The van der Waals surface area contributed by atoms with Gasteiger partial charge in [0.2, 0.25) is 5.89 Å². The van der Waals surface area contributed by atoms with Crippen molar-refractivity contribution in [3.8, 4) is 22.2 Å². The molecule has 0 atom stereocenters. The summed E-state index contributed by atoms with van der Waals surface area (Å²) in [6.07, 6.45) is 0. The van der Waals surface area contributed by atoms with E-state index in [4.69, 9.17) is 4.42 Å². The van der Waals surface area contributed by atoms with Crippen molar-refractivity contribution in [1.29, 1.82) is 0 Å². The van der Waals surface area contributed by atoms with Crippen LogP contribution in [0.2, 0.25) is 0 Å². The molecule has 0 spiro atoms. The van der Waals surface area contributed by atoms with Crippen LogP contribution in [0.3, 0.4) is 0 Å². The van der Waals surface area contributed by atoms with E-state index in [2.05, 4.69) is 73.9 Å². The third-order valence-corrected chi connectivity index (χ3v) is 7.96. The molecule has 0 aliphatic rings. The Morgan fingerprint density at radius 2 is 1.70 bits per heavy atom. The predicted molar refractivity (Wildman–Crippen MR) is 93.8 cm³/mol. The summed E-state index contributed by atoms with van der Waals surface area (Å²) in [5, 5.41) is 8.22. The van der Waals surface area contributed by atoms with E-state index in [-0.39, 0.29) is 0 Å². The zero-order valence-electron chi connectivity index (χ0n) is 9.53. The molecular weight excluding hydrogens is 540 g/mol. The lowest BCUT2D eigenvalue weighted by molar-refractivity contribution is 0.586. The number of thiophene rings is 1. The van der Waals surface area contributed by atoms with Crippen molar-refractivity contribution in [2.24, 2.45) is 0 Å². The molecule has 2 heterocycles. The molecular formula is C12H4Br4N2OS. The monoisotopic (exact) mass is 540 g/mol. The molecule has 3 nitrogen and oxygen atoms in total. The van der Waals surface area contributed by atoms with Crippen LogP contribution in [0, 0.1) is 0 Å². The fraction of sp³-hybridized carbons (Fsp3) is 0. The number of hydrogen-bond donors (Lipinski definition) is 0. The molecule has 0 saturated heterocycles. The molecule has 3 rings (SSSR count). The maximum atomic E-state index is 5.76. The number of halogens is 4. The Kier molecular flexibility index (Phi) is 4.47. The number of aromatic nitrogens is 2. The normalized spacial score (nSPS) is 11.0. The molecule has 1 aromatic carbocycles. The molecule has 102 valence electrons. The third kappa shape index (κ3) is 2.81. The highest BCUT2D eigenvalue weighted by molar-refractivity contribution is 9.14. The van der Waals surface area contributed by atoms with Gasteiger partial charge < -0.3 is 4.42 Å². The zero-order chi connectivity index (χ0) is 14.3. The average Bonchev–Trinajstić information content (AvgIpc) is 3.00. The molecule has 0 radical (unpaired) electrons. The topological polar surface area (TPSA) is 38.9 Å². The molecule has 0 unspecified atom stereocenters. The number of benzene rings is 1. The summed E-state index contributed by atoms with van der Waals surface area (Å²) in [5.41, 5.74) is 0.879. The van der Waals surface area contributed by atoms with Crippen molar-refractivity contribution in [2.45, 2.75) is 0 Å². The SMILES string of the molecule is Brc1cccc(-c2nnc(-c3sc(Br)c(Br)c3Br)o2)c1. The number of hydrogen-bond acceptors (Lipinski definition) is 4. The molecule has 0 amide bonds. The highest BCUT2D eigenvalue weighted by Gasteiger charge is 2.19. The zero-order valence-corrected chi connectivity index (χ0v) is 16.7. The van der Waals surface area contributed by atoms with Crippen LogP contribution < -0.4 is 0 Å². The second kappa shape index (κ2) is 6.00. The number of rotatable bonds is 2. The number of nitrogens with zero attached hydrogens (tertiary/aromatic N) is 2. The Bertz CT molecular complexity index is 784. The van der Waals surface area contributed by atoms with E-state index in [0.29, 0.717) is 11.8 Å². The molecule has 2 aromatic heterocycles. The van der Waals surface area contributed by atoms with Crippen LogP contribution in [0.25, 0.3) is 22.2 Å². The standard InChI is InChI=1S/C12H4Br4N2OS/c13-6-3-1-2-5(4-6)11-17-18-12(19-11)9-7(14)8(15)10(16)20-9/h1-4H. The molecule has 0 aliphatic carbocycles. The fourth-order valence-electron chi connectivity index (χ4n) is 1.56. The minimum absolute atomic E-state index is 0.489. The summed E-state index contributed by atoms with van der Waals surface area (Å²) < 4.78 is 9.55. The Morgan fingerprint density at radius 1 is 0.950 bits per heavy atom. The van der Waals surface area contributed by atoms with Crippen molar-refractivity contribution in [3.05, 3.63) is 41.5 Å². The first-order valence-corrected chi connectivity index (χ1v) is 9.28. The van der Waals surface area contributed by atoms with Gasteiger partial charge in [0, 0.05) is 10.0 Å². The summed E-state index contributed by atoms with van der Waals surface area (Å²) in [4.78, 5) is 0.887. The summed E-state index contributed by atoms with van der Waals surface area (Å²) in [6, 6.07) is 7.74. The van der Waals surface area contributed by atoms with Crippen LogP contribution in [-0.2, 0) is 0 Å². The first-order chi connectivity index (χ1) is 9.56. The Balaban J connectivity index is 2.04. The van der Waals surface area contributed by atoms with Crippen LogP contribution in [0.5, 0.6) is 0 Å². The van der Waals surface area contributed by atoms with Gasteiger partial charge in [0.25, 0.3) is 5.89 Å². The molecule has 0 aliphatic heterocycles. The van der Waals surface area contributed by atoms with Crippen LogP contribution in [0.4, 0.5) is 0 Å². The van der Waals surface area contributed by atoms with E-state index in [0.717, 1.165) is 27.6 Å². The largest absolute Gasteiger partial charge is 0.415 e. The first kappa shape index (κ1) is 14.9. The molecule has 0 N–H and O–H groups in total. The second-order valence-corrected chi connectivity index (χ2v) is 8.60. The van der Waals surface area contributed by atoms with E-state index in [9.17, 15) is 0 Å². The fourth-order valence-corrected chi connectivity index (χ4v) is 4.95. The maximum absolute atomic E-state index is 5.76. The average molecular weight is 544 g/mol. The van der Waals surface area contributed by atoms with E-state index in [1.807, 2.05) is 24.3 Å². The molecule has 20 heavy (non-hydrogen) atoms. The van der Waals surface area contributed by atoms with Crippen molar-refractivity contribution in [1.82, 2.24) is 10.2 Å². The third-order valence-electron chi connectivity index (χ3n) is 2.45. The second-order valence-electron chi connectivity index (χ2n) is 3.76. The Labute approximate surface area is 152 Å². The molecule has 3 aromatic rings. The molecule has 0 fully saturated rings. The van der Waals surface area contributed by atoms with Gasteiger partial charge in [0.05, 0.1) is 12.7 Å². The lowest BCUT2D eigenvalue weighted by Gasteiger charge is -1.95. The molecule has 8 heteroatoms. The lowest BCUT2D eigenvalue weighted by atomic mass is 10.2. The van der Waals surface area contributed by atoms with E-state index in [1.165, 1.54) is 11.3 Å². The lowest BCUT2D eigenvalue weighted by Crippen LogP contribution is -1.77. The molecule has 0 saturated carbocycles. The van der Waals surface area contributed by atoms with Crippen LogP contribution in [0.15, 0.2) is 45.9 Å². The van der Waals surface area contributed by atoms with Gasteiger partial charge in [0.1, 0.15) is 4.88 Å². The van der Waals surface area contributed by atoms with Gasteiger partial charge in [-0.2, -0.15) is 0 Å². The first-order valence-electron chi connectivity index (χ1n) is 5.29. The van der Waals surface area contributed by atoms with Crippen LogP contribution in [0.1, 0.15) is 0 Å². The summed E-state index contributed by atoms with van der Waals surface area (Å²) >= 11 is 15.4. The van der Waals surface area contributed by atoms with Gasteiger partial charge >= 0.3 is 0 Å². The van der Waals surface area contributed by atoms with E-state index >= 15 is 0 Å². The minimum atomic E-state index is 0.489.